The number of halogens is 3. The minimum atomic E-state index is -4.38. The van der Waals surface area contributed by atoms with Crippen molar-refractivity contribution in [3.63, 3.8) is 0 Å². The molecule has 1 aliphatic rings. The van der Waals surface area contributed by atoms with Gasteiger partial charge < -0.3 is 15.2 Å². The maximum atomic E-state index is 13.1. The molecule has 1 fully saturated rings. The Morgan fingerprint density at radius 2 is 1.93 bits per heavy atom. The van der Waals surface area contributed by atoms with Crippen molar-refractivity contribution in [3.05, 3.63) is 71.3 Å². The summed E-state index contributed by atoms with van der Waals surface area (Å²) in [7, 11) is 1.53. The second kappa shape index (κ2) is 9.71. The van der Waals surface area contributed by atoms with E-state index in [4.69, 9.17) is 4.74 Å². The highest BCUT2D eigenvalue weighted by atomic mass is 19.4. The molecule has 3 unspecified atom stereocenters. The molecule has 2 N–H and O–H groups in total. The normalized spacial score (nSPS) is 21.4. The Morgan fingerprint density at radius 1 is 1.17 bits per heavy atom. The van der Waals surface area contributed by atoms with Crippen molar-refractivity contribution in [2.24, 2.45) is 0 Å². The quantitative estimate of drug-likeness (QED) is 0.700. The molecular formula is C22H27F3N2O2. The highest BCUT2D eigenvalue weighted by molar-refractivity contribution is 5.28. The van der Waals surface area contributed by atoms with Gasteiger partial charge in [0.25, 0.3) is 0 Å². The van der Waals surface area contributed by atoms with Crippen molar-refractivity contribution >= 4 is 0 Å². The van der Waals surface area contributed by atoms with E-state index in [1.54, 1.807) is 6.07 Å². The second-order valence-electron chi connectivity index (χ2n) is 7.50. The van der Waals surface area contributed by atoms with Crippen molar-refractivity contribution in [1.82, 2.24) is 10.2 Å². The third kappa shape index (κ3) is 6.02. The predicted molar refractivity (Wildman–Crippen MR) is 105 cm³/mol. The zero-order valence-electron chi connectivity index (χ0n) is 16.4. The van der Waals surface area contributed by atoms with Gasteiger partial charge in [0, 0.05) is 32.8 Å². The summed E-state index contributed by atoms with van der Waals surface area (Å²) in [6.45, 7) is 2.12. The molecular weight excluding hydrogens is 381 g/mol. The van der Waals surface area contributed by atoms with E-state index >= 15 is 0 Å². The molecule has 0 spiro atoms. The molecule has 0 bridgehead atoms. The number of rotatable bonds is 8. The van der Waals surface area contributed by atoms with Crippen LogP contribution in [0, 0.1) is 0 Å². The largest absolute Gasteiger partial charge is 0.416 e. The molecule has 3 rings (SSSR count). The monoisotopic (exact) mass is 408 g/mol. The van der Waals surface area contributed by atoms with E-state index in [9.17, 15) is 18.3 Å². The van der Waals surface area contributed by atoms with Crippen molar-refractivity contribution < 1.29 is 23.0 Å². The number of hydrogen-bond donors (Lipinski definition) is 2. The first kappa shape index (κ1) is 21.8. The van der Waals surface area contributed by atoms with Crippen LogP contribution in [0.25, 0.3) is 0 Å². The molecule has 2 aromatic rings. The van der Waals surface area contributed by atoms with E-state index in [0.29, 0.717) is 25.1 Å². The van der Waals surface area contributed by atoms with Crippen LogP contribution in [0.5, 0.6) is 0 Å². The third-order valence-electron chi connectivity index (χ3n) is 5.28. The maximum Gasteiger partial charge on any atom is 0.416 e. The summed E-state index contributed by atoms with van der Waals surface area (Å²) in [6.07, 6.45) is -4.16. The number of benzene rings is 2. The first-order valence-electron chi connectivity index (χ1n) is 9.72. The van der Waals surface area contributed by atoms with Gasteiger partial charge in [-0.2, -0.15) is 13.2 Å². The molecule has 0 aliphatic carbocycles. The molecule has 1 heterocycles. The molecule has 0 amide bonds. The standard InChI is InChI=1S/C22H27F3N2O2/c1-29-15-21(17-8-5-9-18(10-17)22(23,24)25)26-12-19-11-20(28)14-27(19)13-16-6-3-2-4-7-16/h2-10,19-21,26,28H,11-15H2,1H3. The van der Waals surface area contributed by atoms with E-state index in [-0.39, 0.29) is 18.7 Å². The van der Waals surface area contributed by atoms with Crippen molar-refractivity contribution in [2.75, 3.05) is 26.8 Å². The summed E-state index contributed by atoms with van der Waals surface area (Å²) < 4.78 is 44.4. The molecule has 4 nitrogen and oxygen atoms in total. The summed E-state index contributed by atoms with van der Waals surface area (Å²) in [5.74, 6) is 0. The summed E-state index contributed by atoms with van der Waals surface area (Å²) in [5, 5.41) is 13.5. The van der Waals surface area contributed by atoms with Crippen LogP contribution in [-0.2, 0) is 17.5 Å². The van der Waals surface area contributed by atoms with Crippen LogP contribution in [0.15, 0.2) is 54.6 Å². The lowest BCUT2D eigenvalue weighted by atomic mass is 10.0. The fraction of sp³-hybridized carbons (Fsp3) is 0.455. The lowest BCUT2D eigenvalue weighted by molar-refractivity contribution is -0.137. The van der Waals surface area contributed by atoms with Gasteiger partial charge in [-0.15, -0.1) is 0 Å². The number of aliphatic hydroxyl groups is 1. The Kier molecular flexibility index (Phi) is 7.29. The summed E-state index contributed by atoms with van der Waals surface area (Å²) in [5.41, 5.74) is 1.03. The molecule has 0 aromatic heterocycles. The average molecular weight is 408 g/mol. The van der Waals surface area contributed by atoms with Crippen LogP contribution in [0.1, 0.15) is 29.2 Å². The van der Waals surface area contributed by atoms with Crippen molar-refractivity contribution in [2.45, 2.75) is 37.3 Å². The molecule has 7 heteroatoms. The molecule has 1 aliphatic heterocycles. The Morgan fingerprint density at radius 3 is 2.62 bits per heavy atom. The van der Waals surface area contributed by atoms with E-state index in [1.807, 2.05) is 30.3 Å². The Bertz CT molecular complexity index is 770. The van der Waals surface area contributed by atoms with E-state index < -0.39 is 17.8 Å². The molecule has 158 valence electrons. The Balaban J connectivity index is 1.67. The molecule has 2 aromatic carbocycles. The summed E-state index contributed by atoms with van der Waals surface area (Å²) in [4.78, 5) is 2.21. The predicted octanol–water partition coefficient (Wildman–Crippen LogP) is 3.62. The number of methoxy groups -OCH3 is 1. The van der Waals surface area contributed by atoms with Crippen LogP contribution in [0.4, 0.5) is 13.2 Å². The van der Waals surface area contributed by atoms with Crippen molar-refractivity contribution in [3.8, 4) is 0 Å². The molecule has 0 radical (unpaired) electrons. The Hall–Kier alpha value is -1.93. The number of aliphatic hydroxyl groups excluding tert-OH is 1. The molecule has 0 saturated carbocycles. The minimum absolute atomic E-state index is 0.0929. The van der Waals surface area contributed by atoms with Gasteiger partial charge in [-0.05, 0) is 29.7 Å². The number of nitrogens with one attached hydrogen (secondary N) is 1. The smallest absolute Gasteiger partial charge is 0.392 e. The van der Waals surface area contributed by atoms with Crippen LogP contribution < -0.4 is 5.32 Å². The van der Waals surface area contributed by atoms with Gasteiger partial charge in [-0.1, -0.05) is 42.5 Å². The SMILES string of the molecule is COCC(NCC1CC(O)CN1Cc1ccccc1)c1cccc(C(F)(F)F)c1. The maximum absolute atomic E-state index is 13.1. The number of hydrogen-bond acceptors (Lipinski definition) is 4. The van der Waals surface area contributed by atoms with Gasteiger partial charge in [-0.25, -0.2) is 0 Å². The van der Waals surface area contributed by atoms with Gasteiger partial charge in [-0.3, -0.25) is 4.90 Å². The fourth-order valence-electron chi connectivity index (χ4n) is 3.83. The van der Waals surface area contributed by atoms with Gasteiger partial charge in [0.2, 0.25) is 0 Å². The summed E-state index contributed by atoms with van der Waals surface area (Å²) in [6, 6.07) is 15.1. The third-order valence-corrected chi connectivity index (χ3v) is 5.28. The number of β-amino-alcohol motifs (C(OH)–C–C–N with tert-alkyl or cyclic N) is 1. The van der Waals surface area contributed by atoms with Crippen LogP contribution in [-0.4, -0.2) is 49.0 Å². The Labute approximate surface area is 169 Å². The van der Waals surface area contributed by atoms with E-state index in [2.05, 4.69) is 10.2 Å². The van der Waals surface area contributed by atoms with Gasteiger partial charge in [0.05, 0.1) is 24.3 Å². The number of ether oxygens (including phenoxy) is 1. The fourth-order valence-corrected chi connectivity index (χ4v) is 3.83. The zero-order valence-corrected chi connectivity index (χ0v) is 16.4. The number of alkyl halides is 3. The first-order chi connectivity index (χ1) is 13.9. The van der Waals surface area contributed by atoms with E-state index in [0.717, 1.165) is 18.2 Å². The van der Waals surface area contributed by atoms with Gasteiger partial charge in [0.1, 0.15) is 0 Å². The van der Waals surface area contributed by atoms with Crippen molar-refractivity contribution in [1.29, 1.82) is 0 Å². The minimum Gasteiger partial charge on any atom is -0.392 e. The van der Waals surface area contributed by atoms with Crippen LogP contribution in [0.2, 0.25) is 0 Å². The summed E-state index contributed by atoms with van der Waals surface area (Å²) >= 11 is 0. The lowest BCUT2D eigenvalue weighted by Gasteiger charge is -2.27. The molecule has 29 heavy (non-hydrogen) atoms. The number of likely N-dealkylation sites (tertiary alicyclic amines) is 1. The van der Waals surface area contributed by atoms with Crippen LogP contribution >= 0.6 is 0 Å². The zero-order chi connectivity index (χ0) is 20.9. The lowest BCUT2D eigenvalue weighted by Crippen LogP contribution is -2.39. The number of nitrogens with zero attached hydrogens (tertiary/aromatic N) is 1. The molecule has 3 atom stereocenters. The van der Waals surface area contributed by atoms with E-state index in [1.165, 1.54) is 19.2 Å². The highest BCUT2D eigenvalue weighted by Crippen LogP contribution is 2.31. The topological polar surface area (TPSA) is 44.7 Å². The molecule has 1 saturated heterocycles. The second-order valence-corrected chi connectivity index (χ2v) is 7.50. The highest BCUT2D eigenvalue weighted by Gasteiger charge is 2.33. The average Bonchev–Trinajstić information content (AvgIpc) is 3.04. The van der Waals surface area contributed by atoms with Gasteiger partial charge >= 0.3 is 6.18 Å². The first-order valence-corrected chi connectivity index (χ1v) is 9.72. The van der Waals surface area contributed by atoms with Crippen LogP contribution in [0.3, 0.4) is 0 Å². The van der Waals surface area contributed by atoms with Gasteiger partial charge in [0.15, 0.2) is 0 Å².